The number of fused-ring (bicyclic) bond motifs is 2. The lowest BCUT2D eigenvalue weighted by molar-refractivity contribution is -0.137. The SMILES string of the molecule is O=c1[nH]c2ccc(-c3nc4c(Cl)cc(C(F)(F)F)cn4c3CN3CCCNCC3)cc2o1. The van der Waals surface area contributed by atoms with Gasteiger partial charge in [0.25, 0.3) is 0 Å². The third-order valence-corrected chi connectivity index (χ3v) is 5.88. The van der Waals surface area contributed by atoms with Crippen molar-refractivity contribution in [2.45, 2.75) is 19.1 Å². The minimum Gasteiger partial charge on any atom is -0.408 e. The van der Waals surface area contributed by atoms with Crippen LogP contribution in [0.3, 0.4) is 0 Å². The maximum absolute atomic E-state index is 13.5. The largest absolute Gasteiger partial charge is 0.417 e. The van der Waals surface area contributed by atoms with E-state index in [2.05, 4.69) is 20.2 Å². The van der Waals surface area contributed by atoms with Gasteiger partial charge in [0.15, 0.2) is 11.2 Å². The number of alkyl halides is 3. The lowest BCUT2D eigenvalue weighted by Crippen LogP contribution is -2.28. The van der Waals surface area contributed by atoms with E-state index in [1.165, 1.54) is 4.40 Å². The molecule has 1 aliphatic rings. The lowest BCUT2D eigenvalue weighted by Gasteiger charge is -2.20. The Balaban J connectivity index is 1.70. The van der Waals surface area contributed by atoms with Gasteiger partial charge in [-0.3, -0.25) is 9.88 Å². The number of H-pyrrole nitrogens is 1. The topological polar surface area (TPSA) is 78.6 Å². The van der Waals surface area contributed by atoms with Crippen LogP contribution in [0.25, 0.3) is 28.0 Å². The van der Waals surface area contributed by atoms with Crippen molar-refractivity contribution in [2.24, 2.45) is 0 Å². The lowest BCUT2D eigenvalue weighted by atomic mass is 10.1. The highest BCUT2D eigenvalue weighted by atomic mass is 35.5. The van der Waals surface area contributed by atoms with E-state index in [1.807, 2.05) is 0 Å². The van der Waals surface area contributed by atoms with Crippen molar-refractivity contribution < 1.29 is 17.6 Å². The summed E-state index contributed by atoms with van der Waals surface area (Å²) in [5, 5.41) is 3.24. The van der Waals surface area contributed by atoms with Gasteiger partial charge in [-0.15, -0.1) is 0 Å². The van der Waals surface area contributed by atoms with Crippen LogP contribution in [0.15, 0.2) is 39.7 Å². The zero-order valence-corrected chi connectivity index (χ0v) is 17.6. The maximum Gasteiger partial charge on any atom is 0.417 e. The van der Waals surface area contributed by atoms with Gasteiger partial charge in [0, 0.05) is 31.4 Å². The van der Waals surface area contributed by atoms with Crippen LogP contribution >= 0.6 is 11.6 Å². The number of halogens is 4. The summed E-state index contributed by atoms with van der Waals surface area (Å²) in [7, 11) is 0. The zero-order valence-electron chi connectivity index (χ0n) is 16.8. The number of pyridine rings is 1. The van der Waals surface area contributed by atoms with Gasteiger partial charge >= 0.3 is 11.9 Å². The van der Waals surface area contributed by atoms with Gasteiger partial charge in [0.05, 0.1) is 27.5 Å². The standard InChI is InChI=1S/C21H19ClF3N5O2/c22-14-9-13(21(23,24)25)10-30-16(11-29-6-1-4-26-5-7-29)18(28-19(14)30)12-2-3-15-17(8-12)32-20(31)27-15/h2-3,8-10,26H,1,4-7,11H2,(H,27,31). The van der Waals surface area contributed by atoms with E-state index < -0.39 is 17.5 Å². The summed E-state index contributed by atoms with van der Waals surface area (Å²) in [6.07, 6.45) is -2.57. The molecule has 1 saturated heterocycles. The molecule has 0 radical (unpaired) electrons. The van der Waals surface area contributed by atoms with E-state index in [4.69, 9.17) is 16.0 Å². The first-order valence-electron chi connectivity index (χ1n) is 10.1. The second-order valence-corrected chi connectivity index (χ2v) is 8.19. The summed E-state index contributed by atoms with van der Waals surface area (Å²) >= 11 is 6.24. The van der Waals surface area contributed by atoms with E-state index in [-0.39, 0.29) is 10.7 Å². The molecular weight excluding hydrogens is 447 g/mol. The van der Waals surface area contributed by atoms with Crippen molar-refractivity contribution in [1.82, 2.24) is 24.6 Å². The Bertz CT molecular complexity index is 1350. The number of aromatic nitrogens is 3. The molecule has 0 atom stereocenters. The second-order valence-electron chi connectivity index (χ2n) is 7.78. The molecule has 0 aliphatic carbocycles. The summed E-state index contributed by atoms with van der Waals surface area (Å²) in [5.41, 5.74) is 1.98. The Hall–Kier alpha value is -2.82. The van der Waals surface area contributed by atoms with Crippen LogP contribution in [0.4, 0.5) is 13.2 Å². The van der Waals surface area contributed by atoms with Gasteiger partial charge in [-0.25, -0.2) is 9.78 Å². The van der Waals surface area contributed by atoms with Gasteiger partial charge in [0.1, 0.15) is 0 Å². The number of nitrogens with one attached hydrogen (secondary N) is 2. The molecule has 1 fully saturated rings. The molecule has 4 heterocycles. The van der Waals surface area contributed by atoms with Gasteiger partial charge in [-0.1, -0.05) is 17.7 Å². The van der Waals surface area contributed by atoms with Crippen molar-refractivity contribution in [3.05, 3.63) is 57.3 Å². The molecule has 0 unspecified atom stereocenters. The predicted octanol–water partition coefficient (Wildman–Crippen LogP) is 3.90. The van der Waals surface area contributed by atoms with E-state index in [9.17, 15) is 18.0 Å². The molecular formula is C21H19ClF3N5O2. The fraction of sp³-hybridized carbons (Fsp3) is 0.333. The van der Waals surface area contributed by atoms with Crippen LogP contribution in [0.2, 0.25) is 5.02 Å². The normalized spacial score (nSPS) is 16.1. The number of rotatable bonds is 3. The molecule has 0 spiro atoms. The number of hydrogen-bond acceptors (Lipinski definition) is 5. The average Bonchev–Trinajstić information content (AvgIpc) is 3.17. The van der Waals surface area contributed by atoms with E-state index in [1.54, 1.807) is 18.2 Å². The van der Waals surface area contributed by atoms with Gasteiger partial charge < -0.3 is 14.1 Å². The maximum atomic E-state index is 13.5. The van der Waals surface area contributed by atoms with Gasteiger partial charge in [-0.05, 0) is 37.7 Å². The van der Waals surface area contributed by atoms with Crippen LogP contribution in [0.1, 0.15) is 17.7 Å². The van der Waals surface area contributed by atoms with E-state index in [0.29, 0.717) is 34.6 Å². The molecule has 5 rings (SSSR count). The molecule has 32 heavy (non-hydrogen) atoms. The van der Waals surface area contributed by atoms with Crippen LogP contribution in [-0.4, -0.2) is 45.4 Å². The number of imidazole rings is 1. The summed E-state index contributed by atoms with van der Waals surface area (Å²) in [4.78, 5) is 20.9. The summed E-state index contributed by atoms with van der Waals surface area (Å²) < 4.78 is 47.1. The minimum atomic E-state index is -4.54. The van der Waals surface area contributed by atoms with Crippen molar-refractivity contribution in [2.75, 3.05) is 26.2 Å². The molecule has 7 nitrogen and oxygen atoms in total. The van der Waals surface area contributed by atoms with Crippen LogP contribution < -0.4 is 11.1 Å². The molecule has 0 amide bonds. The average molecular weight is 466 g/mol. The molecule has 2 N–H and O–H groups in total. The Morgan fingerprint density at radius 3 is 2.84 bits per heavy atom. The Kier molecular flexibility index (Phi) is 5.23. The smallest absolute Gasteiger partial charge is 0.408 e. The Morgan fingerprint density at radius 1 is 1.19 bits per heavy atom. The molecule has 1 aromatic carbocycles. The van der Waals surface area contributed by atoms with E-state index in [0.717, 1.165) is 44.9 Å². The quantitative estimate of drug-likeness (QED) is 0.480. The molecule has 11 heteroatoms. The summed E-state index contributed by atoms with van der Waals surface area (Å²) in [6.45, 7) is 3.64. The van der Waals surface area contributed by atoms with Gasteiger partial charge in [0.2, 0.25) is 0 Å². The molecule has 3 aromatic heterocycles. The molecule has 168 valence electrons. The minimum absolute atomic E-state index is 0.0842. The Morgan fingerprint density at radius 2 is 2.03 bits per heavy atom. The first-order chi connectivity index (χ1) is 15.3. The summed E-state index contributed by atoms with van der Waals surface area (Å²) in [5.74, 6) is -0.581. The number of oxazole rings is 1. The van der Waals surface area contributed by atoms with Gasteiger partial charge in [-0.2, -0.15) is 13.2 Å². The molecule has 0 bridgehead atoms. The molecule has 0 saturated carbocycles. The summed E-state index contributed by atoms with van der Waals surface area (Å²) in [6, 6.07) is 5.98. The first kappa shape index (κ1) is 21.0. The Labute approximate surface area is 184 Å². The van der Waals surface area contributed by atoms with Crippen LogP contribution in [0.5, 0.6) is 0 Å². The highest BCUT2D eigenvalue weighted by Gasteiger charge is 2.33. The fourth-order valence-electron chi connectivity index (χ4n) is 4.05. The monoisotopic (exact) mass is 465 g/mol. The third kappa shape index (κ3) is 3.89. The highest BCUT2D eigenvalue weighted by molar-refractivity contribution is 6.33. The van der Waals surface area contributed by atoms with E-state index >= 15 is 0 Å². The van der Waals surface area contributed by atoms with Crippen molar-refractivity contribution >= 4 is 28.3 Å². The second kappa shape index (κ2) is 7.95. The number of hydrogen-bond donors (Lipinski definition) is 2. The fourth-order valence-corrected chi connectivity index (χ4v) is 4.30. The third-order valence-electron chi connectivity index (χ3n) is 5.60. The number of nitrogens with zero attached hydrogens (tertiary/aromatic N) is 3. The predicted molar refractivity (Wildman–Crippen MR) is 114 cm³/mol. The number of aromatic amines is 1. The number of benzene rings is 1. The zero-order chi connectivity index (χ0) is 22.5. The first-order valence-corrected chi connectivity index (χ1v) is 10.5. The van der Waals surface area contributed by atoms with Crippen LogP contribution in [-0.2, 0) is 12.7 Å². The highest BCUT2D eigenvalue weighted by Crippen LogP contribution is 2.35. The van der Waals surface area contributed by atoms with Crippen LogP contribution in [0, 0.1) is 0 Å². The van der Waals surface area contributed by atoms with Crippen molar-refractivity contribution in [1.29, 1.82) is 0 Å². The molecule has 4 aromatic rings. The molecule has 1 aliphatic heterocycles. The van der Waals surface area contributed by atoms with Crippen molar-refractivity contribution in [3.63, 3.8) is 0 Å². The van der Waals surface area contributed by atoms with Crippen molar-refractivity contribution in [3.8, 4) is 11.3 Å².